The quantitative estimate of drug-likeness (QED) is 0.614. The lowest BCUT2D eigenvalue weighted by atomic mass is 10.1. The van der Waals surface area contributed by atoms with Gasteiger partial charge in [0.05, 0.1) is 21.6 Å². The van der Waals surface area contributed by atoms with Gasteiger partial charge in [0.15, 0.2) is 0 Å². The van der Waals surface area contributed by atoms with Crippen molar-refractivity contribution >= 4 is 27.2 Å². The molecule has 0 aliphatic heterocycles. The Balaban J connectivity index is 1.88. The molecule has 5 nitrogen and oxygen atoms in total. The van der Waals surface area contributed by atoms with E-state index in [1.165, 1.54) is 5.56 Å². The minimum Gasteiger partial charge on any atom is -0.397 e. The average Bonchev–Trinajstić information content (AvgIpc) is 3.06. The fourth-order valence-electron chi connectivity index (χ4n) is 2.61. The fraction of sp³-hybridized carbons (Fsp3) is 0.111. The predicted molar refractivity (Wildman–Crippen MR) is 97.7 cm³/mol. The van der Waals surface area contributed by atoms with E-state index in [-0.39, 0.29) is 0 Å². The van der Waals surface area contributed by atoms with Crippen molar-refractivity contribution in [3.8, 4) is 21.7 Å². The molecule has 0 saturated heterocycles. The molecule has 4 aromatic rings. The molecule has 0 spiro atoms. The summed E-state index contributed by atoms with van der Waals surface area (Å²) in [5.74, 6) is 0. The van der Waals surface area contributed by atoms with E-state index in [4.69, 9.17) is 5.73 Å². The van der Waals surface area contributed by atoms with Crippen LogP contribution in [0, 0.1) is 0 Å². The highest BCUT2D eigenvalue weighted by molar-refractivity contribution is 7.22. The van der Waals surface area contributed by atoms with E-state index in [1.54, 1.807) is 23.9 Å². The zero-order chi connectivity index (χ0) is 16.5. The van der Waals surface area contributed by atoms with Crippen LogP contribution >= 0.6 is 11.3 Å². The van der Waals surface area contributed by atoms with Crippen molar-refractivity contribution in [1.82, 2.24) is 19.9 Å². The van der Waals surface area contributed by atoms with Crippen LogP contribution in [-0.4, -0.2) is 19.9 Å². The number of hydrogen-bond donors (Lipinski definition) is 1. The molecule has 118 valence electrons. The normalized spacial score (nSPS) is 11.0. The molecule has 0 aliphatic carbocycles. The van der Waals surface area contributed by atoms with Crippen LogP contribution in [-0.2, 0) is 6.42 Å². The number of anilines is 1. The molecule has 0 unspecified atom stereocenters. The predicted octanol–water partition coefficient (Wildman–Crippen LogP) is 3.96. The van der Waals surface area contributed by atoms with Crippen molar-refractivity contribution in [2.24, 2.45) is 0 Å². The number of aryl methyl sites for hydroxylation is 1. The van der Waals surface area contributed by atoms with Crippen molar-refractivity contribution in [3.63, 3.8) is 0 Å². The number of nitrogens with two attached hydrogens (primary N) is 1. The Morgan fingerprint density at radius 2 is 1.79 bits per heavy atom. The molecule has 0 amide bonds. The molecule has 2 N–H and O–H groups in total. The fourth-order valence-corrected chi connectivity index (χ4v) is 3.71. The van der Waals surface area contributed by atoms with Crippen LogP contribution in [0.1, 0.15) is 12.5 Å². The number of fused-ring (bicyclic) bond motifs is 1. The third-order valence-corrected chi connectivity index (χ3v) is 5.01. The van der Waals surface area contributed by atoms with Crippen molar-refractivity contribution in [2.45, 2.75) is 13.3 Å². The maximum Gasteiger partial charge on any atom is 0.116 e. The second-order valence-electron chi connectivity index (χ2n) is 5.49. The standard InChI is InChI=1S/C18H15N5S/c1-2-11-3-13(8-20-6-11)17-18-15(22-10-23-17)5-16(24-18)12-4-14(19)9-21-7-12/h3-10H,2,19H2,1H3. The smallest absolute Gasteiger partial charge is 0.116 e. The highest BCUT2D eigenvalue weighted by Crippen LogP contribution is 2.37. The largest absolute Gasteiger partial charge is 0.397 e. The van der Waals surface area contributed by atoms with Crippen LogP contribution in [0.25, 0.3) is 31.9 Å². The first-order valence-electron chi connectivity index (χ1n) is 7.64. The minimum atomic E-state index is 0.649. The number of nitrogens with zero attached hydrogens (tertiary/aromatic N) is 4. The van der Waals surface area contributed by atoms with Gasteiger partial charge in [0.2, 0.25) is 0 Å². The molecule has 0 radical (unpaired) electrons. The second kappa shape index (κ2) is 5.98. The lowest BCUT2D eigenvalue weighted by Gasteiger charge is -2.03. The topological polar surface area (TPSA) is 77.6 Å². The first kappa shape index (κ1) is 14.7. The van der Waals surface area contributed by atoms with Crippen LogP contribution in [0.15, 0.2) is 49.3 Å². The SMILES string of the molecule is CCc1cncc(-c2ncnc3cc(-c4cncc(N)c4)sc23)c1. The summed E-state index contributed by atoms with van der Waals surface area (Å²) in [5.41, 5.74) is 11.5. The highest BCUT2D eigenvalue weighted by atomic mass is 32.1. The first-order valence-corrected chi connectivity index (χ1v) is 8.46. The zero-order valence-electron chi connectivity index (χ0n) is 13.1. The van der Waals surface area contributed by atoms with Crippen molar-refractivity contribution < 1.29 is 0 Å². The van der Waals surface area contributed by atoms with Crippen molar-refractivity contribution in [1.29, 1.82) is 0 Å². The van der Waals surface area contributed by atoms with Crippen molar-refractivity contribution in [3.05, 3.63) is 54.9 Å². The summed E-state index contributed by atoms with van der Waals surface area (Å²) in [4.78, 5) is 18.5. The summed E-state index contributed by atoms with van der Waals surface area (Å²) in [6.07, 6.45) is 9.74. The minimum absolute atomic E-state index is 0.649. The molecule has 4 aromatic heterocycles. The van der Waals surface area contributed by atoms with E-state index < -0.39 is 0 Å². The molecule has 0 bridgehead atoms. The highest BCUT2D eigenvalue weighted by Gasteiger charge is 2.12. The molecule has 0 atom stereocenters. The maximum atomic E-state index is 5.85. The molecule has 4 rings (SSSR count). The lowest BCUT2D eigenvalue weighted by Crippen LogP contribution is -1.89. The Morgan fingerprint density at radius 3 is 2.62 bits per heavy atom. The average molecular weight is 333 g/mol. The molecule has 24 heavy (non-hydrogen) atoms. The van der Waals surface area contributed by atoms with E-state index in [1.807, 2.05) is 24.7 Å². The number of hydrogen-bond acceptors (Lipinski definition) is 6. The second-order valence-corrected chi connectivity index (χ2v) is 6.54. The monoisotopic (exact) mass is 333 g/mol. The molecule has 4 heterocycles. The maximum absolute atomic E-state index is 5.85. The summed E-state index contributed by atoms with van der Waals surface area (Å²) < 4.78 is 1.05. The van der Waals surface area contributed by atoms with Crippen molar-refractivity contribution in [2.75, 3.05) is 5.73 Å². The van der Waals surface area contributed by atoms with Gasteiger partial charge in [0.25, 0.3) is 0 Å². The van der Waals surface area contributed by atoms with Gasteiger partial charge in [-0.1, -0.05) is 6.92 Å². The van der Waals surface area contributed by atoms with Crippen LogP contribution < -0.4 is 5.73 Å². The summed E-state index contributed by atoms with van der Waals surface area (Å²) >= 11 is 1.65. The van der Waals surface area contributed by atoms with Crippen LogP contribution in [0.4, 0.5) is 5.69 Å². The number of aromatic nitrogens is 4. The molecule has 0 saturated carbocycles. The lowest BCUT2D eigenvalue weighted by molar-refractivity contribution is 1.10. The summed E-state index contributed by atoms with van der Waals surface area (Å²) in [6, 6.07) is 6.11. The van der Waals surface area contributed by atoms with Gasteiger partial charge in [0, 0.05) is 40.8 Å². The number of pyridine rings is 2. The van der Waals surface area contributed by atoms with E-state index in [0.29, 0.717) is 5.69 Å². The number of rotatable bonds is 3. The van der Waals surface area contributed by atoms with Gasteiger partial charge in [-0.3, -0.25) is 9.97 Å². The Labute approximate surface area is 143 Å². The molecular weight excluding hydrogens is 318 g/mol. The van der Waals surface area contributed by atoms with Gasteiger partial charge in [0.1, 0.15) is 6.33 Å². The van der Waals surface area contributed by atoms with Gasteiger partial charge < -0.3 is 5.73 Å². The van der Waals surface area contributed by atoms with Crippen LogP contribution in [0.2, 0.25) is 0 Å². The van der Waals surface area contributed by atoms with E-state index in [2.05, 4.69) is 39.0 Å². The van der Waals surface area contributed by atoms with Crippen LogP contribution in [0.5, 0.6) is 0 Å². The molecule has 0 aliphatic rings. The third kappa shape index (κ3) is 2.61. The molecule has 0 aromatic carbocycles. The van der Waals surface area contributed by atoms with Crippen LogP contribution in [0.3, 0.4) is 0 Å². The third-order valence-electron chi connectivity index (χ3n) is 3.83. The molecule has 6 heteroatoms. The zero-order valence-corrected chi connectivity index (χ0v) is 13.9. The van der Waals surface area contributed by atoms with E-state index in [0.717, 1.165) is 38.3 Å². The van der Waals surface area contributed by atoms with Gasteiger partial charge >= 0.3 is 0 Å². The number of nitrogen functional groups attached to an aromatic ring is 1. The Morgan fingerprint density at radius 1 is 0.958 bits per heavy atom. The Kier molecular flexibility index (Phi) is 3.66. The van der Waals surface area contributed by atoms with Gasteiger partial charge in [-0.15, -0.1) is 11.3 Å². The Hall–Kier alpha value is -2.86. The van der Waals surface area contributed by atoms with Gasteiger partial charge in [-0.25, -0.2) is 9.97 Å². The van der Waals surface area contributed by atoms with Gasteiger partial charge in [-0.05, 0) is 30.2 Å². The molecular formula is C18H15N5S. The van der Waals surface area contributed by atoms with E-state index >= 15 is 0 Å². The summed E-state index contributed by atoms with van der Waals surface area (Å²) in [5, 5.41) is 0. The summed E-state index contributed by atoms with van der Waals surface area (Å²) in [7, 11) is 0. The number of thiophene rings is 1. The van der Waals surface area contributed by atoms with Gasteiger partial charge in [-0.2, -0.15) is 0 Å². The first-order chi connectivity index (χ1) is 11.7. The van der Waals surface area contributed by atoms with E-state index in [9.17, 15) is 0 Å². The Bertz CT molecular complexity index is 1020. The molecule has 0 fully saturated rings. The summed E-state index contributed by atoms with van der Waals surface area (Å²) in [6.45, 7) is 2.12.